The zero-order valence-corrected chi connectivity index (χ0v) is 11.3. The topological polar surface area (TPSA) is 66.5 Å². The Bertz CT molecular complexity index is 595. The van der Waals surface area contributed by atoms with E-state index in [0.717, 1.165) is 18.9 Å². The summed E-state index contributed by atoms with van der Waals surface area (Å²) in [7, 11) is -3.77. The molecule has 1 fully saturated rings. The molecule has 0 aliphatic carbocycles. The third-order valence-electron chi connectivity index (χ3n) is 2.94. The minimum absolute atomic E-state index is 0.241. The van der Waals surface area contributed by atoms with Gasteiger partial charge >= 0.3 is 0 Å². The van der Waals surface area contributed by atoms with Gasteiger partial charge in [-0.3, -0.25) is 4.79 Å². The number of halogens is 1. The lowest BCUT2D eigenvalue weighted by Gasteiger charge is -2.16. The summed E-state index contributed by atoms with van der Waals surface area (Å²) in [6, 6.07) is 3.59. The summed E-state index contributed by atoms with van der Waals surface area (Å²) >= 11 is 0. The molecule has 0 unspecified atom stereocenters. The maximum Gasteiger partial charge on any atom is 0.245 e. The molecule has 1 aromatic rings. The van der Waals surface area contributed by atoms with E-state index in [1.165, 1.54) is 23.4 Å². The molecule has 1 aliphatic heterocycles. The van der Waals surface area contributed by atoms with Crippen LogP contribution in [0.1, 0.15) is 19.8 Å². The Balaban J connectivity index is 2.32. The van der Waals surface area contributed by atoms with Gasteiger partial charge in [0.1, 0.15) is 10.7 Å². The van der Waals surface area contributed by atoms with Crippen LogP contribution in [0.4, 0.5) is 10.1 Å². The van der Waals surface area contributed by atoms with E-state index in [-0.39, 0.29) is 16.5 Å². The number of hydrogen-bond donors (Lipinski definition) is 1. The molecule has 2 rings (SSSR count). The Morgan fingerprint density at radius 2 is 1.95 bits per heavy atom. The maximum absolute atomic E-state index is 13.9. The fourth-order valence-corrected chi connectivity index (χ4v) is 3.62. The van der Waals surface area contributed by atoms with Crippen molar-refractivity contribution in [3.63, 3.8) is 0 Å². The fraction of sp³-hybridized carbons (Fsp3) is 0.417. The number of benzene rings is 1. The van der Waals surface area contributed by atoms with Crippen molar-refractivity contribution in [2.75, 3.05) is 18.4 Å². The fourth-order valence-electron chi connectivity index (χ4n) is 2.06. The van der Waals surface area contributed by atoms with Crippen LogP contribution in [0, 0.1) is 5.82 Å². The summed E-state index contributed by atoms with van der Waals surface area (Å²) in [5, 5.41) is 2.41. The molecule has 1 aliphatic rings. The third kappa shape index (κ3) is 2.93. The van der Waals surface area contributed by atoms with Crippen molar-refractivity contribution >= 4 is 21.6 Å². The summed E-state index contributed by atoms with van der Waals surface area (Å²) in [5.74, 6) is -1.19. The van der Waals surface area contributed by atoms with Crippen LogP contribution in [0.2, 0.25) is 0 Å². The lowest BCUT2D eigenvalue weighted by Crippen LogP contribution is -2.28. The SMILES string of the molecule is CC(=O)Nc1ccc(S(=O)(=O)N2CCCC2)c(F)c1. The molecule has 19 heavy (non-hydrogen) atoms. The van der Waals surface area contributed by atoms with Gasteiger partial charge in [0.2, 0.25) is 15.9 Å². The monoisotopic (exact) mass is 286 g/mol. The number of anilines is 1. The molecule has 0 atom stereocenters. The van der Waals surface area contributed by atoms with Crippen LogP contribution in [-0.4, -0.2) is 31.7 Å². The van der Waals surface area contributed by atoms with Gasteiger partial charge in [0.05, 0.1) is 0 Å². The minimum atomic E-state index is -3.77. The average molecular weight is 286 g/mol. The number of hydrogen-bond acceptors (Lipinski definition) is 3. The number of rotatable bonds is 3. The predicted molar refractivity (Wildman–Crippen MR) is 68.7 cm³/mol. The maximum atomic E-state index is 13.9. The largest absolute Gasteiger partial charge is 0.326 e. The van der Waals surface area contributed by atoms with E-state index in [1.54, 1.807) is 0 Å². The van der Waals surface area contributed by atoms with Crippen LogP contribution in [0.3, 0.4) is 0 Å². The molecule has 0 aromatic heterocycles. The minimum Gasteiger partial charge on any atom is -0.326 e. The van der Waals surface area contributed by atoms with Crippen LogP contribution in [0.15, 0.2) is 23.1 Å². The molecule has 5 nitrogen and oxygen atoms in total. The van der Waals surface area contributed by atoms with Crippen molar-refractivity contribution in [1.29, 1.82) is 0 Å². The molecule has 104 valence electrons. The van der Waals surface area contributed by atoms with E-state index in [1.807, 2.05) is 0 Å². The zero-order valence-electron chi connectivity index (χ0n) is 10.5. The molecule has 0 spiro atoms. The van der Waals surface area contributed by atoms with Gasteiger partial charge in [0.15, 0.2) is 0 Å². The Morgan fingerprint density at radius 1 is 1.32 bits per heavy atom. The van der Waals surface area contributed by atoms with E-state index >= 15 is 0 Å². The summed E-state index contributed by atoms with van der Waals surface area (Å²) in [6.45, 7) is 2.15. The Kier molecular flexibility index (Phi) is 3.86. The van der Waals surface area contributed by atoms with Gasteiger partial charge < -0.3 is 5.32 Å². The molecule has 1 amide bonds. The Hall–Kier alpha value is -1.47. The first-order valence-corrected chi connectivity index (χ1v) is 7.42. The van der Waals surface area contributed by atoms with Gasteiger partial charge in [0.25, 0.3) is 0 Å². The van der Waals surface area contributed by atoms with Crippen molar-refractivity contribution in [3.05, 3.63) is 24.0 Å². The van der Waals surface area contributed by atoms with Crippen LogP contribution in [0.5, 0.6) is 0 Å². The van der Waals surface area contributed by atoms with Gasteiger partial charge in [-0.05, 0) is 31.0 Å². The number of sulfonamides is 1. The second kappa shape index (κ2) is 5.26. The van der Waals surface area contributed by atoms with Crippen molar-refractivity contribution in [1.82, 2.24) is 4.31 Å². The quantitative estimate of drug-likeness (QED) is 0.917. The third-order valence-corrected chi connectivity index (χ3v) is 4.87. The molecule has 0 saturated carbocycles. The van der Waals surface area contributed by atoms with Crippen molar-refractivity contribution in [2.24, 2.45) is 0 Å². The Morgan fingerprint density at radius 3 is 2.47 bits per heavy atom. The van der Waals surface area contributed by atoms with Crippen molar-refractivity contribution in [2.45, 2.75) is 24.7 Å². The van der Waals surface area contributed by atoms with Gasteiger partial charge in [-0.1, -0.05) is 0 Å². The molecule has 1 saturated heterocycles. The number of carbonyl (C=O) groups is 1. The first-order valence-electron chi connectivity index (χ1n) is 5.98. The number of carbonyl (C=O) groups excluding carboxylic acids is 1. The second-order valence-corrected chi connectivity index (χ2v) is 6.34. The van der Waals surface area contributed by atoms with Gasteiger partial charge in [-0.25, -0.2) is 12.8 Å². The molecular formula is C12H15FN2O3S. The summed E-state index contributed by atoms with van der Waals surface area (Å²) in [6.07, 6.45) is 1.59. The standard InChI is InChI=1S/C12H15FN2O3S/c1-9(16)14-10-4-5-12(11(13)8-10)19(17,18)15-6-2-3-7-15/h4-5,8H,2-3,6-7H2,1H3,(H,14,16). The van der Waals surface area contributed by atoms with Gasteiger partial charge in [-0.15, -0.1) is 0 Å². The van der Waals surface area contributed by atoms with E-state index in [4.69, 9.17) is 0 Å². The zero-order chi connectivity index (χ0) is 14.0. The second-order valence-electron chi connectivity index (χ2n) is 4.44. The van der Waals surface area contributed by atoms with Gasteiger partial charge in [-0.2, -0.15) is 4.31 Å². The number of nitrogens with one attached hydrogen (secondary N) is 1. The van der Waals surface area contributed by atoms with Crippen LogP contribution < -0.4 is 5.32 Å². The lowest BCUT2D eigenvalue weighted by atomic mass is 10.3. The Labute approximate surface area is 111 Å². The molecule has 1 heterocycles. The molecule has 1 N–H and O–H groups in total. The van der Waals surface area contributed by atoms with E-state index < -0.39 is 15.8 Å². The molecule has 0 radical (unpaired) electrons. The van der Waals surface area contributed by atoms with Crippen LogP contribution in [-0.2, 0) is 14.8 Å². The summed E-state index contributed by atoms with van der Waals surface area (Å²) in [4.78, 5) is 10.5. The molecule has 7 heteroatoms. The first-order chi connectivity index (χ1) is 8.91. The van der Waals surface area contributed by atoms with E-state index in [2.05, 4.69) is 5.32 Å². The molecule has 0 bridgehead atoms. The number of nitrogens with zero attached hydrogens (tertiary/aromatic N) is 1. The summed E-state index contributed by atoms with van der Waals surface area (Å²) < 4.78 is 39.5. The van der Waals surface area contributed by atoms with E-state index in [9.17, 15) is 17.6 Å². The molecule has 1 aromatic carbocycles. The normalized spacial score (nSPS) is 16.5. The lowest BCUT2D eigenvalue weighted by molar-refractivity contribution is -0.114. The van der Waals surface area contributed by atoms with E-state index in [0.29, 0.717) is 13.1 Å². The molecular weight excluding hydrogens is 271 g/mol. The van der Waals surface area contributed by atoms with Crippen LogP contribution in [0.25, 0.3) is 0 Å². The summed E-state index contributed by atoms with van der Waals surface area (Å²) in [5.41, 5.74) is 0.241. The smallest absolute Gasteiger partial charge is 0.245 e. The highest BCUT2D eigenvalue weighted by atomic mass is 32.2. The van der Waals surface area contributed by atoms with Crippen LogP contribution >= 0.6 is 0 Å². The highest BCUT2D eigenvalue weighted by Crippen LogP contribution is 2.25. The highest BCUT2D eigenvalue weighted by molar-refractivity contribution is 7.89. The first kappa shape index (κ1) is 14.0. The average Bonchev–Trinajstić information content (AvgIpc) is 2.81. The van der Waals surface area contributed by atoms with Crippen molar-refractivity contribution in [3.8, 4) is 0 Å². The van der Waals surface area contributed by atoms with Gasteiger partial charge in [0, 0.05) is 25.7 Å². The predicted octanol–water partition coefficient (Wildman–Crippen LogP) is 1.57. The highest BCUT2D eigenvalue weighted by Gasteiger charge is 2.29. The number of amides is 1. The van der Waals surface area contributed by atoms with Crippen molar-refractivity contribution < 1.29 is 17.6 Å².